The maximum atomic E-state index is 13.3. The molecule has 6 aromatic carbocycles. The summed E-state index contributed by atoms with van der Waals surface area (Å²) in [4.78, 5) is 8.41. The highest BCUT2D eigenvalue weighted by Crippen LogP contribution is 2.50. The lowest BCUT2D eigenvalue weighted by Gasteiger charge is -2.14. The van der Waals surface area contributed by atoms with Gasteiger partial charge in [0.2, 0.25) is 5.91 Å². The van der Waals surface area contributed by atoms with Crippen LogP contribution in [-0.4, -0.2) is 83.8 Å². The van der Waals surface area contributed by atoms with E-state index in [0.29, 0.717) is 11.8 Å². The Bertz CT molecular complexity index is 3700. The average molecular weight is 1160 g/mol. The zero-order valence-electron chi connectivity index (χ0n) is 37.7. The van der Waals surface area contributed by atoms with Gasteiger partial charge < -0.3 is 26.6 Å². The lowest BCUT2D eigenvalue weighted by atomic mass is 10.1. The van der Waals surface area contributed by atoms with Crippen molar-refractivity contribution in [3.05, 3.63) is 91.0 Å². The molecule has 6 rings (SSSR count). The number of ether oxygens (including phenoxy) is 1. The van der Waals surface area contributed by atoms with Gasteiger partial charge in [0.15, 0.2) is 27.9 Å². The molecular weight excluding hydrogens is 1120 g/mol. The van der Waals surface area contributed by atoms with E-state index in [-0.39, 0.29) is 79.6 Å². The molecular formula is C39H36N10O20S6. The Labute approximate surface area is 432 Å². The molecule has 0 radical (unpaired) electrons. The highest BCUT2D eigenvalue weighted by molar-refractivity contribution is 7.94. The van der Waals surface area contributed by atoms with Crippen LogP contribution in [0.2, 0.25) is 0 Å². The van der Waals surface area contributed by atoms with Crippen molar-refractivity contribution in [1.29, 1.82) is 0 Å². The Morgan fingerprint density at radius 2 is 1.29 bits per heavy atom. The molecule has 0 atom stereocenters. The van der Waals surface area contributed by atoms with Gasteiger partial charge in [0.05, 0.1) is 80.0 Å². The van der Waals surface area contributed by atoms with E-state index in [4.69, 9.17) is 30.9 Å². The van der Waals surface area contributed by atoms with Crippen LogP contribution in [0.3, 0.4) is 0 Å². The lowest BCUT2D eigenvalue weighted by Crippen LogP contribution is -2.12. The fourth-order valence-electron chi connectivity index (χ4n) is 6.29. The topological polar surface area (TPSA) is 460 Å². The number of sulfone groups is 1. The molecule has 75 heavy (non-hydrogen) atoms. The first-order valence-corrected chi connectivity index (χ1v) is 27.4. The highest BCUT2D eigenvalue weighted by atomic mass is 32.2. The Hall–Kier alpha value is -7.01. The Kier molecular flexibility index (Phi) is 18.4. The first kappa shape index (κ1) is 57.3. The molecule has 1 amide bonds. The van der Waals surface area contributed by atoms with Gasteiger partial charge in [0.1, 0.15) is 38.3 Å². The van der Waals surface area contributed by atoms with Gasteiger partial charge in [-0.05, 0) is 90.3 Å². The zero-order valence-corrected chi connectivity index (χ0v) is 42.6. The summed E-state index contributed by atoms with van der Waals surface area (Å²) >= 11 is 0.215. The second-order valence-electron chi connectivity index (χ2n) is 14.5. The van der Waals surface area contributed by atoms with E-state index in [1.165, 1.54) is 62.6 Å². The predicted octanol–water partition coefficient (Wildman–Crippen LogP) is 8.42. The Balaban J connectivity index is 1.28. The molecule has 0 aliphatic heterocycles. The van der Waals surface area contributed by atoms with E-state index in [1.807, 2.05) is 0 Å². The summed E-state index contributed by atoms with van der Waals surface area (Å²) in [6.45, 7) is 0.745. The Morgan fingerprint density at radius 1 is 0.693 bits per heavy atom. The smallest absolute Gasteiger partial charge is 0.296 e. The summed E-state index contributed by atoms with van der Waals surface area (Å²) < 4.78 is 144. The first-order valence-electron chi connectivity index (χ1n) is 19.9. The van der Waals surface area contributed by atoms with Crippen LogP contribution in [0.5, 0.6) is 11.5 Å². The number of phenolic OH excluding ortho intramolecular Hbond substituents is 1. The van der Waals surface area contributed by atoms with Gasteiger partial charge in [-0.1, -0.05) is 10.1 Å². The van der Waals surface area contributed by atoms with Gasteiger partial charge in [0.25, 0.3) is 30.3 Å². The number of carbonyl (C=O) groups is 1. The van der Waals surface area contributed by atoms with Crippen molar-refractivity contribution in [2.45, 2.75) is 31.4 Å². The normalized spacial score (nSPS) is 12.6. The molecule has 0 aromatic heterocycles. The number of hydrogen-bond donors (Lipinski definition) is 9. The summed E-state index contributed by atoms with van der Waals surface area (Å²) in [5.41, 5.74) is 10.6. The van der Waals surface area contributed by atoms with Gasteiger partial charge in [-0.3, -0.25) is 22.8 Å². The Morgan fingerprint density at radius 3 is 1.91 bits per heavy atom. The third-order valence-electron chi connectivity index (χ3n) is 9.58. The van der Waals surface area contributed by atoms with E-state index in [0.717, 1.165) is 36.4 Å². The van der Waals surface area contributed by atoms with Gasteiger partial charge >= 0.3 is 0 Å². The number of aromatic hydroxyl groups is 1. The number of benzene rings is 6. The zero-order chi connectivity index (χ0) is 54.9. The van der Waals surface area contributed by atoms with Crippen LogP contribution in [0, 0.1) is 0 Å². The van der Waals surface area contributed by atoms with Crippen molar-refractivity contribution in [1.82, 2.24) is 0 Å². The molecule has 30 nitrogen and oxygen atoms in total. The van der Waals surface area contributed by atoms with Crippen LogP contribution in [0.25, 0.3) is 10.8 Å². The highest BCUT2D eigenvalue weighted by Gasteiger charge is 2.27. The molecule has 6 aromatic rings. The number of fused-ring (bicyclic) bond motifs is 1. The van der Waals surface area contributed by atoms with Crippen LogP contribution >= 0.6 is 24.4 Å². The number of nitrogen functional groups attached to an aromatic ring is 2. The van der Waals surface area contributed by atoms with Crippen molar-refractivity contribution < 1.29 is 90.9 Å². The largest absolute Gasteiger partial charge is 0.505 e. The number of nitrogens with zero attached hydrogens (tertiary/aromatic N) is 6. The molecule has 11 N–H and O–H groups in total. The standard InChI is InChI=1S/C39H36N10O20S6/c1-20(50)42-29-18-27(40)31(64-2)19-30(29)46-43-22-3-5-24(6-4-22)49-73(56,57)25-9-7-23(8-10-25)44-48-38-34(75(61,62)63)16-21-15-32(70-68-66-52)37(39(51)35(21)36(38)41)47-45-28-12-11-26(17-33(28)74(58,59)60)72(54,55)14-13-65-71-69-67-53/h3-12,15-19,49,51-53H,13-14,40-41H2,1-2H3,(H,42,50)(H,58,59,60)(H,61,62,63)/b46-43+,47-45+,48-44+. The number of sulfonamides is 1. The monoisotopic (exact) mass is 1160 g/mol. The van der Waals surface area contributed by atoms with Crippen molar-refractivity contribution in [3.63, 3.8) is 0 Å². The minimum Gasteiger partial charge on any atom is -0.505 e. The maximum Gasteiger partial charge on any atom is 0.296 e. The number of anilines is 4. The first-order chi connectivity index (χ1) is 35.4. The molecule has 0 unspecified atom stereocenters. The van der Waals surface area contributed by atoms with Crippen molar-refractivity contribution in [2.24, 2.45) is 30.7 Å². The number of azo groups is 3. The van der Waals surface area contributed by atoms with Gasteiger partial charge in [-0.2, -0.15) is 27.1 Å². The fourth-order valence-corrected chi connectivity index (χ4v) is 10.7. The third kappa shape index (κ3) is 14.4. The summed E-state index contributed by atoms with van der Waals surface area (Å²) in [5.74, 6) is -1.81. The fraction of sp³-hybridized carbons (Fsp3) is 0.103. The van der Waals surface area contributed by atoms with Crippen molar-refractivity contribution in [3.8, 4) is 11.5 Å². The predicted molar refractivity (Wildman–Crippen MR) is 265 cm³/mol. The van der Waals surface area contributed by atoms with Gasteiger partial charge in [-0.25, -0.2) is 27.4 Å². The third-order valence-corrected chi connectivity index (χ3v) is 15.4. The van der Waals surface area contributed by atoms with Gasteiger partial charge in [-0.15, -0.1) is 29.1 Å². The van der Waals surface area contributed by atoms with Crippen molar-refractivity contribution >= 4 is 138 Å². The van der Waals surface area contributed by atoms with E-state index < -0.39 is 101 Å². The van der Waals surface area contributed by atoms with Gasteiger partial charge in [0, 0.05) is 18.7 Å². The number of rotatable bonds is 23. The van der Waals surface area contributed by atoms with E-state index in [1.54, 1.807) is 0 Å². The SMILES string of the molecule is COc1cc(/N=N/c2ccc(NS(=O)(=O)c3ccc(/N=N/c4c(S(=O)(=O)O)cc5cc(SOOO)c(/N=N/c6ccc(S(=O)(=O)CCOSOOO)cc6S(=O)(=O)O)c(O)c5c4N)cc3)cc2)c(NC(C)=O)cc1N. The minimum atomic E-state index is -5.26. The van der Waals surface area contributed by atoms with E-state index >= 15 is 0 Å². The summed E-state index contributed by atoms with van der Waals surface area (Å²) in [7, 11) is -17.6. The second kappa shape index (κ2) is 24.1. The van der Waals surface area contributed by atoms with E-state index in [9.17, 15) is 52.7 Å². The number of nitrogens with one attached hydrogen (secondary N) is 2. The second-order valence-corrected chi connectivity index (χ2v) is 22.3. The number of phenols is 1. The van der Waals surface area contributed by atoms with Crippen LogP contribution in [0.1, 0.15) is 6.92 Å². The summed E-state index contributed by atoms with van der Waals surface area (Å²) in [6, 6.07) is 17.3. The lowest BCUT2D eigenvalue weighted by molar-refractivity contribution is -0.434. The number of amides is 1. The number of nitrogens with two attached hydrogens (primary N) is 2. The number of methoxy groups -OCH3 is 1. The molecule has 0 heterocycles. The maximum absolute atomic E-state index is 13.3. The van der Waals surface area contributed by atoms with Crippen LogP contribution in [0.15, 0.2) is 146 Å². The average Bonchev–Trinajstić information content (AvgIpc) is 3.34. The number of carbonyl (C=O) groups excluding carboxylic acids is 1. The van der Waals surface area contributed by atoms with Crippen LogP contribution < -0.4 is 26.2 Å². The molecule has 0 aliphatic rings. The molecule has 0 saturated heterocycles. The van der Waals surface area contributed by atoms with Crippen LogP contribution in [-0.2, 0) is 67.8 Å². The molecule has 36 heteroatoms. The van der Waals surface area contributed by atoms with Crippen LogP contribution in [0.4, 0.5) is 56.9 Å². The number of hydrogen-bond acceptors (Lipinski definition) is 28. The minimum absolute atomic E-state index is 0.0798. The summed E-state index contributed by atoms with van der Waals surface area (Å²) in [5, 5.41) is 61.1. The molecule has 398 valence electrons. The van der Waals surface area contributed by atoms with Crippen molar-refractivity contribution in [2.75, 3.05) is 41.0 Å². The van der Waals surface area contributed by atoms with E-state index in [2.05, 4.69) is 59.5 Å². The molecule has 0 spiro atoms. The molecule has 0 aliphatic carbocycles. The molecule has 0 fully saturated rings. The quantitative estimate of drug-likeness (QED) is 0.00552. The molecule has 0 bridgehead atoms. The molecule has 0 saturated carbocycles. The summed E-state index contributed by atoms with van der Waals surface area (Å²) in [6.07, 6.45) is 0.